The zero-order valence-corrected chi connectivity index (χ0v) is 19.0. The molecule has 1 saturated carbocycles. The van der Waals surface area contributed by atoms with E-state index in [1.165, 1.54) is 6.42 Å². The molecule has 2 aliphatic rings. The number of carbonyl (C=O) groups excluding carboxylic acids is 1. The van der Waals surface area contributed by atoms with Gasteiger partial charge in [0.1, 0.15) is 5.52 Å². The summed E-state index contributed by atoms with van der Waals surface area (Å²) in [5.41, 5.74) is 0.804. The number of morpholine rings is 1. The first-order valence-corrected chi connectivity index (χ1v) is 11.6. The largest absolute Gasteiger partial charge is 0.379 e. The predicted octanol–water partition coefficient (Wildman–Crippen LogP) is 5.01. The summed E-state index contributed by atoms with van der Waals surface area (Å²) in [5, 5.41) is 1.44. The molecule has 29 heavy (non-hydrogen) atoms. The summed E-state index contributed by atoms with van der Waals surface area (Å²) in [6.07, 6.45) is 6.52. The summed E-state index contributed by atoms with van der Waals surface area (Å²) in [6, 6.07) is 5.83. The highest BCUT2D eigenvalue weighted by Gasteiger charge is 2.29. The summed E-state index contributed by atoms with van der Waals surface area (Å²) in [6.45, 7) is 5.27. The quantitative estimate of drug-likeness (QED) is 0.611. The molecule has 0 radical (unpaired) electrons. The van der Waals surface area contributed by atoms with E-state index in [1.807, 2.05) is 23.1 Å². The number of nitrogens with zero attached hydrogens (tertiary/aromatic N) is 3. The van der Waals surface area contributed by atoms with Crippen LogP contribution >= 0.6 is 35.3 Å². The Morgan fingerprint density at radius 1 is 1.24 bits per heavy atom. The highest BCUT2D eigenvalue weighted by atomic mass is 35.5. The fraction of sp³-hybridized carbons (Fsp3) is 0.619. The van der Waals surface area contributed by atoms with Gasteiger partial charge in [0.2, 0.25) is 5.91 Å². The minimum absolute atomic E-state index is 0. The normalized spacial score (nSPS) is 18.5. The molecule has 1 aliphatic heterocycles. The van der Waals surface area contributed by atoms with E-state index in [1.54, 1.807) is 11.3 Å². The zero-order chi connectivity index (χ0) is 19.3. The monoisotopic (exact) mass is 457 g/mol. The molecular weight excluding hydrogens is 429 g/mol. The molecule has 160 valence electrons. The number of hydrogen-bond donors (Lipinski definition) is 0. The Labute approximate surface area is 187 Å². The van der Waals surface area contributed by atoms with Gasteiger partial charge in [-0.2, -0.15) is 0 Å². The van der Waals surface area contributed by atoms with Crippen LogP contribution in [0.4, 0.5) is 5.13 Å². The number of rotatable bonds is 6. The third-order valence-corrected chi connectivity index (χ3v) is 7.12. The van der Waals surface area contributed by atoms with E-state index in [-0.39, 0.29) is 24.2 Å². The predicted molar refractivity (Wildman–Crippen MR) is 123 cm³/mol. The number of halogens is 2. The van der Waals surface area contributed by atoms with E-state index in [0.717, 1.165) is 80.3 Å². The van der Waals surface area contributed by atoms with Crippen LogP contribution in [0.25, 0.3) is 10.2 Å². The topological polar surface area (TPSA) is 45.7 Å². The van der Waals surface area contributed by atoms with E-state index >= 15 is 0 Å². The van der Waals surface area contributed by atoms with Gasteiger partial charge >= 0.3 is 0 Å². The lowest BCUT2D eigenvalue weighted by Crippen LogP contribution is -2.41. The van der Waals surface area contributed by atoms with Gasteiger partial charge in [0, 0.05) is 32.1 Å². The van der Waals surface area contributed by atoms with Gasteiger partial charge in [-0.25, -0.2) is 4.98 Å². The fourth-order valence-electron chi connectivity index (χ4n) is 4.17. The molecule has 1 saturated heterocycles. The second-order valence-corrected chi connectivity index (χ2v) is 9.13. The van der Waals surface area contributed by atoms with Crippen LogP contribution in [-0.2, 0) is 9.53 Å². The Bertz CT molecular complexity index is 804. The third kappa shape index (κ3) is 5.61. The molecule has 8 heteroatoms. The highest BCUT2D eigenvalue weighted by Crippen LogP contribution is 2.35. The minimum Gasteiger partial charge on any atom is -0.379 e. The lowest BCUT2D eigenvalue weighted by molar-refractivity contribution is -0.123. The zero-order valence-electron chi connectivity index (χ0n) is 16.6. The second kappa shape index (κ2) is 10.9. The first-order chi connectivity index (χ1) is 13.7. The van der Waals surface area contributed by atoms with Crippen molar-refractivity contribution in [3.63, 3.8) is 0 Å². The first kappa shape index (κ1) is 22.8. The van der Waals surface area contributed by atoms with Crippen LogP contribution in [0.3, 0.4) is 0 Å². The Balaban J connectivity index is 0.00000240. The Morgan fingerprint density at radius 3 is 2.72 bits per heavy atom. The van der Waals surface area contributed by atoms with E-state index in [4.69, 9.17) is 21.3 Å². The molecule has 0 bridgehead atoms. The van der Waals surface area contributed by atoms with Crippen molar-refractivity contribution >= 4 is 56.6 Å². The molecule has 0 N–H and O–H groups in total. The molecule has 5 nitrogen and oxygen atoms in total. The SMILES string of the molecule is Cl.O=C(C1CCCCC1)N(CCCN1CCOCC1)c1nc2c(Cl)cccc2s1. The number of aromatic nitrogens is 1. The fourth-order valence-corrected chi connectivity index (χ4v) is 5.46. The Kier molecular flexibility index (Phi) is 8.57. The van der Waals surface area contributed by atoms with Crippen LogP contribution in [0, 0.1) is 5.92 Å². The van der Waals surface area contributed by atoms with E-state index in [2.05, 4.69) is 4.90 Å². The van der Waals surface area contributed by atoms with E-state index in [0.29, 0.717) is 11.6 Å². The molecular formula is C21H29Cl2N3O2S. The van der Waals surface area contributed by atoms with Crippen molar-refractivity contribution in [1.29, 1.82) is 0 Å². The standard InChI is InChI=1S/C21H28ClN3O2S.ClH/c22-17-8-4-9-18-19(17)23-21(28-18)25(20(26)16-6-2-1-3-7-16)11-5-10-24-12-14-27-15-13-24;/h4,8-9,16H,1-3,5-7,10-15H2;1H. The van der Waals surface area contributed by atoms with Gasteiger partial charge in [-0.15, -0.1) is 12.4 Å². The minimum atomic E-state index is 0. The van der Waals surface area contributed by atoms with Gasteiger partial charge in [-0.1, -0.05) is 48.3 Å². The lowest BCUT2D eigenvalue weighted by Gasteiger charge is -2.30. The molecule has 1 aromatic carbocycles. The van der Waals surface area contributed by atoms with Crippen LogP contribution in [0.1, 0.15) is 38.5 Å². The van der Waals surface area contributed by atoms with Gasteiger partial charge in [-0.05, 0) is 31.4 Å². The maximum Gasteiger partial charge on any atom is 0.231 e. The molecule has 0 unspecified atom stereocenters. The molecule has 2 fully saturated rings. The summed E-state index contributed by atoms with van der Waals surface area (Å²) >= 11 is 7.91. The number of fused-ring (bicyclic) bond motifs is 1. The van der Waals surface area contributed by atoms with E-state index in [9.17, 15) is 4.79 Å². The highest BCUT2D eigenvalue weighted by molar-refractivity contribution is 7.22. The van der Waals surface area contributed by atoms with Gasteiger partial charge < -0.3 is 4.74 Å². The van der Waals surface area contributed by atoms with Crippen LogP contribution < -0.4 is 4.90 Å². The molecule has 2 aromatic rings. The van der Waals surface area contributed by atoms with Crippen molar-refractivity contribution in [1.82, 2.24) is 9.88 Å². The number of ether oxygens (including phenoxy) is 1. The first-order valence-electron chi connectivity index (χ1n) is 10.4. The number of para-hydroxylation sites is 1. The number of benzene rings is 1. The number of hydrogen-bond acceptors (Lipinski definition) is 5. The number of thiazole rings is 1. The molecule has 0 spiro atoms. The van der Waals surface area contributed by atoms with Crippen LogP contribution in [0.5, 0.6) is 0 Å². The Hall–Kier alpha value is -0.920. The number of anilines is 1. The summed E-state index contributed by atoms with van der Waals surface area (Å²) < 4.78 is 6.47. The molecule has 4 rings (SSSR count). The average molecular weight is 458 g/mol. The Morgan fingerprint density at radius 2 is 2.00 bits per heavy atom. The van der Waals surface area contributed by atoms with Gasteiger partial charge in [0.25, 0.3) is 0 Å². The third-order valence-electron chi connectivity index (χ3n) is 5.77. The molecule has 1 aromatic heterocycles. The van der Waals surface area contributed by atoms with Gasteiger partial charge in [0.05, 0.1) is 22.9 Å². The maximum absolute atomic E-state index is 13.4. The van der Waals surface area contributed by atoms with Crippen molar-refractivity contribution in [2.45, 2.75) is 38.5 Å². The van der Waals surface area contributed by atoms with Gasteiger partial charge in [0.15, 0.2) is 5.13 Å². The molecule has 2 heterocycles. The smallest absolute Gasteiger partial charge is 0.231 e. The molecule has 1 amide bonds. The molecule has 1 aliphatic carbocycles. The number of amides is 1. The average Bonchev–Trinajstić information content (AvgIpc) is 3.17. The summed E-state index contributed by atoms with van der Waals surface area (Å²) in [7, 11) is 0. The van der Waals surface area contributed by atoms with Crippen LogP contribution in [0.15, 0.2) is 18.2 Å². The van der Waals surface area contributed by atoms with Crippen molar-refractivity contribution < 1.29 is 9.53 Å². The van der Waals surface area contributed by atoms with Crippen LogP contribution in [-0.4, -0.2) is 55.2 Å². The van der Waals surface area contributed by atoms with Crippen molar-refractivity contribution in [2.75, 3.05) is 44.3 Å². The summed E-state index contributed by atoms with van der Waals surface area (Å²) in [5.74, 6) is 0.386. The van der Waals surface area contributed by atoms with Crippen LogP contribution in [0.2, 0.25) is 5.02 Å². The van der Waals surface area contributed by atoms with Crippen molar-refractivity contribution in [3.05, 3.63) is 23.2 Å². The van der Waals surface area contributed by atoms with E-state index < -0.39 is 0 Å². The lowest BCUT2D eigenvalue weighted by atomic mass is 9.88. The van der Waals surface area contributed by atoms with Crippen molar-refractivity contribution in [3.8, 4) is 0 Å². The number of carbonyl (C=O) groups is 1. The summed E-state index contributed by atoms with van der Waals surface area (Å²) in [4.78, 5) is 22.5. The molecule has 0 atom stereocenters. The van der Waals surface area contributed by atoms with Crippen molar-refractivity contribution in [2.24, 2.45) is 5.92 Å². The van der Waals surface area contributed by atoms with Gasteiger partial charge in [-0.3, -0.25) is 14.6 Å². The maximum atomic E-state index is 13.4. The second-order valence-electron chi connectivity index (χ2n) is 7.72.